The summed E-state index contributed by atoms with van der Waals surface area (Å²) >= 11 is 0. The molecular weight excluding hydrogens is 1630 g/mol. The van der Waals surface area contributed by atoms with Crippen molar-refractivity contribution in [1.82, 2.24) is 49.9 Å². The first kappa shape index (κ1) is 102. The molecule has 126 heavy (non-hydrogen) atoms. The Hall–Kier alpha value is -8.24. The molecule has 0 radical (unpaired) electrons. The molecule has 1 aliphatic carbocycles. The number of ether oxygens (including phenoxy) is 13. The van der Waals surface area contributed by atoms with Crippen LogP contribution in [0.4, 0.5) is 11.8 Å². The summed E-state index contributed by atoms with van der Waals surface area (Å²) in [7, 11) is 3.24. The van der Waals surface area contributed by atoms with E-state index >= 15 is 0 Å². The van der Waals surface area contributed by atoms with Crippen LogP contribution >= 0.6 is 0 Å². The number of amides is 2. The number of hydrogen-bond donors (Lipinski definition) is 6. The van der Waals surface area contributed by atoms with Crippen LogP contribution in [0, 0.1) is 35.5 Å². The number of Topliss-reactive ketones (excluding diaryl/α,β-unsaturated/α-hetero) is 3. The standard InChI is InChI=1S/C91H138N12O23/c1-60-19-11-10-12-20-61(2)76(113-8)56-70-26-23-66(7)91(112,126-70)85(109)88(110)102-31-16-13-22-72(102)89(111)124-77(57-73(104)62(3)52-65(6)83(107)84(108)82(106)64(5)51-60)63(4)53-67-24-27-75(78(54-67)114-9)123-34-18-14-21-69-58-101(100-98-69)33-36-116-38-40-118-42-44-120-46-48-122-50-49-121-47-45-119-43-41-117-39-37-115-35-29-79(105)94-30-15-17-32-103-87-80(86(92)95-59-96-87)81(99-103)68-25-28-74-71(55-68)97-90(93)125-74/h10-12,19-20,25,28,52,55,58-60,62-64,66-67,70,72,75-78,83-84,107-108,112H,13-18,21-24,26-27,29-51,53-54,56-57H2,1-9H3,(H2,93,97)(H,94,105)(H2,92,95,96)/b12-10+,19-11+,61-20+,65-52+/t60-,62-,63-,64-,66-,67+,70+,72+,75-,76+,77+,78-,83-,84+,91-/m1/s1. The molecule has 15 atom stereocenters. The first-order chi connectivity index (χ1) is 60.8. The van der Waals surface area contributed by atoms with Crippen molar-refractivity contribution in [2.75, 3.05) is 151 Å². The largest absolute Gasteiger partial charge is 0.460 e. The van der Waals surface area contributed by atoms with Gasteiger partial charge < -0.3 is 103 Å². The monoisotopic (exact) mass is 1770 g/mol. The number of aromatic nitrogens is 8. The molecule has 3 aliphatic heterocycles. The van der Waals surface area contributed by atoms with Crippen LogP contribution in [0.5, 0.6) is 0 Å². The number of aliphatic hydroxyl groups is 3. The number of rotatable bonds is 44. The molecule has 2 saturated heterocycles. The summed E-state index contributed by atoms with van der Waals surface area (Å²) < 4.78 is 85.0. The average molecular weight is 1770 g/mol. The second-order valence-electron chi connectivity index (χ2n) is 33.6. The molecule has 2 amide bonds. The number of esters is 1. The number of aryl methyl sites for hydroxylation is 2. The highest BCUT2D eigenvalue weighted by Crippen LogP contribution is 2.39. The van der Waals surface area contributed by atoms with Crippen molar-refractivity contribution in [3.63, 3.8) is 0 Å². The molecule has 35 nitrogen and oxygen atoms in total. The molecule has 7 heterocycles. The van der Waals surface area contributed by atoms with Crippen LogP contribution in [0.2, 0.25) is 0 Å². The minimum absolute atomic E-state index is 0.0569. The van der Waals surface area contributed by atoms with Gasteiger partial charge in [-0.3, -0.25) is 24.0 Å². The van der Waals surface area contributed by atoms with Gasteiger partial charge in [-0.05, 0) is 157 Å². The van der Waals surface area contributed by atoms with Crippen molar-refractivity contribution in [2.24, 2.45) is 35.5 Å². The lowest BCUT2D eigenvalue weighted by atomic mass is 9.78. The zero-order valence-electron chi connectivity index (χ0n) is 75.2. The number of nitrogens with two attached hydrogens (primary N) is 2. The Balaban J connectivity index is 0.581. The van der Waals surface area contributed by atoms with E-state index in [4.69, 9.17) is 82.6 Å². The molecule has 35 heteroatoms. The fourth-order valence-electron chi connectivity index (χ4n) is 16.4. The summed E-state index contributed by atoms with van der Waals surface area (Å²) in [6, 6.07) is 4.39. The van der Waals surface area contributed by atoms with E-state index in [0.717, 1.165) is 55.4 Å². The van der Waals surface area contributed by atoms with Crippen molar-refractivity contribution >= 4 is 69.1 Å². The number of fused-ring (bicyclic) bond motifs is 5. The van der Waals surface area contributed by atoms with Crippen LogP contribution in [-0.4, -0.2) is 289 Å². The second-order valence-corrected chi connectivity index (χ2v) is 33.6. The molecule has 1 aromatic carbocycles. The Kier molecular flexibility index (Phi) is 43.2. The van der Waals surface area contributed by atoms with Crippen molar-refractivity contribution in [3.8, 4) is 11.3 Å². The molecule has 8 N–H and O–H groups in total. The molecular formula is C91H138N12O23. The van der Waals surface area contributed by atoms with Gasteiger partial charge in [-0.25, -0.2) is 24.1 Å². The number of allylic oxidation sites excluding steroid dienone is 6. The zero-order valence-corrected chi connectivity index (χ0v) is 75.2. The molecule has 1 saturated carbocycles. The van der Waals surface area contributed by atoms with Gasteiger partial charge in [-0.15, -0.1) is 5.10 Å². The summed E-state index contributed by atoms with van der Waals surface area (Å²) in [5, 5.41) is 51.8. The van der Waals surface area contributed by atoms with Crippen LogP contribution in [-0.2, 0) is 110 Å². The minimum atomic E-state index is -2.47. The van der Waals surface area contributed by atoms with Crippen LogP contribution in [0.15, 0.2) is 82.7 Å². The molecule has 700 valence electrons. The van der Waals surface area contributed by atoms with Gasteiger partial charge in [0.2, 0.25) is 11.7 Å². The highest BCUT2D eigenvalue weighted by atomic mass is 16.6. The van der Waals surface area contributed by atoms with E-state index in [1.54, 1.807) is 57.3 Å². The number of carbonyl (C=O) groups is 6. The summed E-state index contributed by atoms with van der Waals surface area (Å²) in [6.07, 6.45) is 17.9. The van der Waals surface area contributed by atoms with Crippen molar-refractivity contribution in [2.45, 2.75) is 232 Å². The number of oxazole rings is 1. The SMILES string of the molecule is CO[C@H]1C[C@@H]2CC[C@@H](C)[C@@](O)(O2)C(=O)C(=O)N2CCCC[C@H]2C(=O)O[C@H]([C@H](C)C[C@@H]2CC[C@@H](OCCCCc3cn(CCOCCOCCOCCOCCOCCOCCOCCOCCC(=O)NCCCCn4nc(-c5ccc6oc(N)nc6c5)c5c(N)ncnc54)nn3)[C@H](OC)C2)CC(=O)[C@H](C)/C=C(\C)[C@@H](O)[C@@H](O)C(=O)[C@H](C)C[C@H](C)/C=C/C=C/C=C/1C. The van der Waals surface area contributed by atoms with Crippen molar-refractivity contribution in [3.05, 3.63) is 84.0 Å². The predicted molar refractivity (Wildman–Crippen MR) is 468 cm³/mol. The van der Waals surface area contributed by atoms with E-state index in [2.05, 4.69) is 30.6 Å². The number of carbonyl (C=O) groups excluding carboxylic acids is 6. The van der Waals surface area contributed by atoms with Crippen molar-refractivity contribution in [1.29, 1.82) is 0 Å². The quantitative estimate of drug-likeness (QED) is 0.00922. The van der Waals surface area contributed by atoms with E-state index in [9.17, 15) is 44.1 Å². The number of hydrogen-bond acceptors (Lipinski definition) is 31. The maximum absolute atomic E-state index is 14.7. The van der Waals surface area contributed by atoms with E-state index in [1.807, 2.05) is 69.5 Å². The molecule has 5 aromatic rings. The van der Waals surface area contributed by atoms with E-state index in [0.29, 0.717) is 210 Å². The van der Waals surface area contributed by atoms with Crippen LogP contribution in [0.25, 0.3) is 33.4 Å². The van der Waals surface area contributed by atoms with Gasteiger partial charge in [-0.1, -0.05) is 76.3 Å². The summed E-state index contributed by atoms with van der Waals surface area (Å²) in [5.41, 5.74) is 17.2. The third kappa shape index (κ3) is 31.9. The minimum Gasteiger partial charge on any atom is -0.460 e. The number of cyclic esters (lactones) is 1. The zero-order chi connectivity index (χ0) is 90.3. The van der Waals surface area contributed by atoms with Gasteiger partial charge in [0, 0.05) is 89.2 Å². The van der Waals surface area contributed by atoms with Gasteiger partial charge in [0.15, 0.2) is 17.0 Å². The van der Waals surface area contributed by atoms with E-state index in [-0.39, 0.29) is 92.1 Å². The summed E-state index contributed by atoms with van der Waals surface area (Å²) in [4.78, 5) is 98.2. The highest BCUT2D eigenvalue weighted by molar-refractivity contribution is 6.39. The van der Waals surface area contributed by atoms with Crippen LogP contribution < -0.4 is 16.8 Å². The number of nitrogen functional groups attached to an aromatic ring is 2. The molecule has 2 bridgehead atoms. The highest BCUT2D eigenvalue weighted by Gasteiger charge is 2.53. The lowest BCUT2D eigenvalue weighted by molar-refractivity contribution is -0.265. The Bertz CT molecular complexity index is 4300. The molecule has 9 rings (SSSR count). The smallest absolute Gasteiger partial charge is 0.329 e. The van der Waals surface area contributed by atoms with Crippen molar-refractivity contribution < 1.29 is 110 Å². The summed E-state index contributed by atoms with van der Waals surface area (Å²) in [6.45, 7) is 21.2. The maximum Gasteiger partial charge on any atom is 0.329 e. The third-order valence-electron chi connectivity index (χ3n) is 23.9. The molecule has 0 spiro atoms. The summed E-state index contributed by atoms with van der Waals surface area (Å²) in [5.74, 6) is -8.58. The average Bonchev–Trinajstić information content (AvgIpc) is 1.57. The number of ketones is 3. The Morgan fingerprint density at radius 3 is 2.08 bits per heavy atom. The fourth-order valence-corrected chi connectivity index (χ4v) is 16.4. The van der Waals surface area contributed by atoms with E-state index in [1.165, 1.54) is 17.3 Å². The Morgan fingerprint density at radius 1 is 0.714 bits per heavy atom. The lowest BCUT2D eigenvalue weighted by Crippen LogP contribution is -2.61. The number of unbranched alkanes of at least 4 members (excludes halogenated alkanes) is 2. The first-order valence-corrected chi connectivity index (χ1v) is 45.0. The van der Waals surface area contributed by atoms with Gasteiger partial charge >= 0.3 is 5.97 Å². The number of piperidine rings is 1. The number of benzene rings is 1. The topological polar surface area (TPSA) is 451 Å². The fraction of sp³-hybridized carbons (Fsp3) is 0.692. The molecule has 4 aromatic heterocycles. The van der Waals surface area contributed by atoms with Crippen LogP contribution in [0.3, 0.4) is 0 Å². The molecule has 3 fully saturated rings. The number of methoxy groups -OCH3 is 2. The Labute approximate surface area is 739 Å². The first-order valence-electron chi connectivity index (χ1n) is 45.0. The maximum atomic E-state index is 14.7. The number of nitrogens with zero attached hydrogens (tertiary/aromatic N) is 9. The van der Waals surface area contributed by atoms with Gasteiger partial charge in [0.25, 0.3) is 17.7 Å². The number of aliphatic hydroxyl groups excluding tert-OH is 2. The molecule has 4 aliphatic rings. The third-order valence-corrected chi connectivity index (χ3v) is 23.9. The second kappa shape index (κ2) is 53.7. The molecule has 0 unspecified atom stereocenters. The number of nitrogens with one attached hydrogen (secondary N) is 1. The van der Waals surface area contributed by atoms with Crippen LogP contribution in [0.1, 0.15) is 163 Å². The van der Waals surface area contributed by atoms with E-state index < -0.39 is 83.5 Å². The van der Waals surface area contributed by atoms with Gasteiger partial charge in [-0.2, -0.15) is 10.1 Å². The Morgan fingerprint density at radius 2 is 1.40 bits per heavy atom. The number of anilines is 2. The van der Waals surface area contributed by atoms with Gasteiger partial charge in [0.05, 0.1) is 148 Å². The predicted octanol–water partition coefficient (Wildman–Crippen LogP) is 8.40. The van der Waals surface area contributed by atoms with Gasteiger partial charge in [0.1, 0.15) is 53.5 Å². The lowest BCUT2D eigenvalue weighted by Gasteiger charge is -2.42. The normalized spacial score (nSPS) is 26.7.